The molecular formula is C18H28N2OS. The first-order valence-electron chi connectivity index (χ1n) is 8.55. The first-order chi connectivity index (χ1) is 10.8. The first-order valence-corrected chi connectivity index (χ1v) is 9.43. The van der Waals surface area contributed by atoms with Crippen LogP contribution >= 0.6 is 11.8 Å². The largest absolute Gasteiger partial charge is 0.330 e. The molecule has 22 heavy (non-hydrogen) atoms. The number of carbonyl (C=O) groups excluding carboxylic acids is 1. The van der Waals surface area contributed by atoms with Gasteiger partial charge in [0.15, 0.2) is 0 Å². The Kier molecular flexibility index (Phi) is 7.81. The van der Waals surface area contributed by atoms with Crippen molar-refractivity contribution in [2.45, 2.75) is 67.9 Å². The fourth-order valence-electron chi connectivity index (χ4n) is 2.85. The topological polar surface area (TPSA) is 55.1 Å². The zero-order chi connectivity index (χ0) is 15.6. The van der Waals surface area contributed by atoms with Gasteiger partial charge in [0.1, 0.15) is 0 Å². The molecule has 0 radical (unpaired) electrons. The second kappa shape index (κ2) is 9.90. The van der Waals surface area contributed by atoms with Gasteiger partial charge in [-0.05, 0) is 44.4 Å². The number of rotatable bonds is 9. The molecule has 2 rings (SSSR count). The maximum absolute atomic E-state index is 12.1. The van der Waals surface area contributed by atoms with Crippen molar-refractivity contribution in [2.75, 3.05) is 11.9 Å². The van der Waals surface area contributed by atoms with Gasteiger partial charge in [0, 0.05) is 16.6 Å². The Morgan fingerprint density at radius 2 is 1.86 bits per heavy atom. The number of para-hydroxylation sites is 1. The minimum atomic E-state index is 0.132. The van der Waals surface area contributed by atoms with Crippen molar-refractivity contribution >= 4 is 23.4 Å². The summed E-state index contributed by atoms with van der Waals surface area (Å²) in [6.07, 6.45) is 10.1. The summed E-state index contributed by atoms with van der Waals surface area (Å²) in [5.74, 6) is 0.132. The van der Waals surface area contributed by atoms with Crippen LogP contribution in [0.1, 0.15) is 57.8 Å². The predicted molar refractivity (Wildman–Crippen MR) is 95.3 cm³/mol. The normalized spacial score (nSPS) is 15.1. The molecule has 4 heteroatoms. The quantitative estimate of drug-likeness (QED) is 0.655. The molecule has 122 valence electrons. The lowest BCUT2D eigenvalue weighted by Crippen LogP contribution is -2.12. The molecule has 1 aliphatic rings. The Morgan fingerprint density at radius 3 is 2.64 bits per heavy atom. The van der Waals surface area contributed by atoms with Gasteiger partial charge in [-0.1, -0.05) is 37.8 Å². The Balaban J connectivity index is 1.79. The van der Waals surface area contributed by atoms with E-state index >= 15 is 0 Å². The Bertz CT molecular complexity index is 458. The second-order valence-corrected chi connectivity index (χ2v) is 7.36. The van der Waals surface area contributed by atoms with E-state index in [1.54, 1.807) is 0 Å². The lowest BCUT2D eigenvalue weighted by atomic mass is 10.1. The number of hydrogen-bond donors (Lipinski definition) is 2. The molecule has 0 saturated heterocycles. The summed E-state index contributed by atoms with van der Waals surface area (Å²) in [4.78, 5) is 13.3. The van der Waals surface area contributed by atoms with Crippen molar-refractivity contribution < 1.29 is 4.79 Å². The molecule has 0 spiro atoms. The van der Waals surface area contributed by atoms with E-state index in [2.05, 4.69) is 17.4 Å². The predicted octanol–water partition coefficient (Wildman–Crippen LogP) is 4.57. The summed E-state index contributed by atoms with van der Waals surface area (Å²) >= 11 is 1.93. The Labute approximate surface area is 138 Å². The smallest absolute Gasteiger partial charge is 0.224 e. The number of anilines is 1. The number of nitrogens with two attached hydrogens (primary N) is 1. The molecule has 0 bridgehead atoms. The molecule has 1 amide bonds. The van der Waals surface area contributed by atoms with E-state index in [1.807, 2.05) is 23.9 Å². The highest BCUT2D eigenvalue weighted by Crippen LogP contribution is 2.38. The van der Waals surface area contributed by atoms with Gasteiger partial charge in [0.05, 0.1) is 5.69 Å². The van der Waals surface area contributed by atoms with Crippen LogP contribution in [-0.4, -0.2) is 17.7 Å². The SMILES string of the molecule is NCCCCCCC(=O)Nc1ccccc1SC1CCCC1. The van der Waals surface area contributed by atoms with E-state index in [-0.39, 0.29) is 5.91 Å². The summed E-state index contributed by atoms with van der Waals surface area (Å²) in [5.41, 5.74) is 6.45. The number of amides is 1. The van der Waals surface area contributed by atoms with E-state index < -0.39 is 0 Å². The summed E-state index contributed by atoms with van der Waals surface area (Å²) in [6, 6.07) is 8.19. The minimum absolute atomic E-state index is 0.132. The van der Waals surface area contributed by atoms with Gasteiger partial charge in [-0.3, -0.25) is 4.79 Å². The molecular weight excluding hydrogens is 292 g/mol. The van der Waals surface area contributed by atoms with E-state index in [0.717, 1.165) is 37.9 Å². The average Bonchev–Trinajstić information content (AvgIpc) is 3.02. The molecule has 1 aliphatic carbocycles. The van der Waals surface area contributed by atoms with Crippen LogP contribution in [0.5, 0.6) is 0 Å². The van der Waals surface area contributed by atoms with Crippen molar-refractivity contribution in [3.05, 3.63) is 24.3 Å². The molecule has 1 saturated carbocycles. The summed E-state index contributed by atoms with van der Waals surface area (Å²) in [6.45, 7) is 0.748. The van der Waals surface area contributed by atoms with Crippen LogP contribution in [0.2, 0.25) is 0 Å². The minimum Gasteiger partial charge on any atom is -0.330 e. The van der Waals surface area contributed by atoms with Crippen molar-refractivity contribution in [3.63, 3.8) is 0 Å². The van der Waals surface area contributed by atoms with E-state index in [0.29, 0.717) is 11.7 Å². The van der Waals surface area contributed by atoms with Crippen LogP contribution in [0.25, 0.3) is 0 Å². The number of carbonyl (C=O) groups is 1. The fourth-order valence-corrected chi connectivity index (χ4v) is 4.19. The van der Waals surface area contributed by atoms with Gasteiger partial charge in [-0.15, -0.1) is 11.8 Å². The number of benzene rings is 1. The van der Waals surface area contributed by atoms with Gasteiger partial charge in [0.25, 0.3) is 0 Å². The van der Waals surface area contributed by atoms with Crippen molar-refractivity contribution in [1.82, 2.24) is 0 Å². The number of unbranched alkanes of at least 4 members (excludes halogenated alkanes) is 3. The van der Waals surface area contributed by atoms with E-state index in [9.17, 15) is 4.79 Å². The highest BCUT2D eigenvalue weighted by atomic mass is 32.2. The zero-order valence-electron chi connectivity index (χ0n) is 13.4. The molecule has 1 fully saturated rings. The number of nitrogens with one attached hydrogen (secondary N) is 1. The van der Waals surface area contributed by atoms with Crippen molar-refractivity contribution in [1.29, 1.82) is 0 Å². The molecule has 0 atom stereocenters. The maximum Gasteiger partial charge on any atom is 0.224 e. The molecule has 3 N–H and O–H groups in total. The lowest BCUT2D eigenvalue weighted by molar-refractivity contribution is -0.116. The van der Waals surface area contributed by atoms with Gasteiger partial charge < -0.3 is 11.1 Å². The van der Waals surface area contributed by atoms with Crippen molar-refractivity contribution in [3.8, 4) is 0 Å². The van der Waals surface area contributed by atoms with Crippen LogP contribution in [0.3, 0.4) is 0 Å². The summed E-state index contributed by atoms with van der Waals surface area (Å²) < 4.78 is 0. The zero-order valence-corrected chi connectivity index (χ0v) is 14.2. The standard InChI is InChI=1S/C18H28N2OS/c19-14-8-2-1-3-13-18(21)20-16-11-6-7-12-17(16)22-15-9-4-5-10-15/h6-7,11-12,15H,1-5,8-10,13-14,19H2,(H,20,21). The highest BCUT2D eigenvalue weighted by molar-refractivity contribution is 8.00. The molecule has 0 aliphatic heterocycles. The van der Waals surface area contributed by atoms with Crippen LogP contribution in [-0.2, 0) is 4.79 Å². The summed E-state index contributed by atoms with van der Waals surface area (Å²) in [5, 5.41) is 3.81. The molecule has 0 unspecified atom stereocenters. The van der Waals surface area contributed by atoms with Crippen LogP contribution in [0.15, 0.2) is 29.2 Å². The molecule has 1 aromatic rings. The van der Waals surface area contributed by atoms with Crippen molar-refractivity contribution in [2.24, 2.45) is 5.73 Å². The summed E-state index contributed by atoms with van der Waals surface area (Å²) in [7, 11) is 0. The molecule has 1 aromatic carbocycles. The van der Waals surface area contributed by atoms with Crippen LogP contribution in [0.4, 0.5) is 5.69 Å². The number of thioether (sulfide) groups is 1. The highest BCUT2D eigenvalue weighted by Gasteiger charge is 2.18. The maximum atomic E-state index is 12.1. The third-order valence-electron chi connectivity index (χ3n) is 4.11. The van der Waals surface area contributed by atoms with Gasteiger partial charge in [-0.25, -0.2) is 0 Å². The average molecular weight is 321 g/mol. The molecule has 3 nitrogen and oxygen atoms in total. The molecule has 0 heterocycles. The third kappa shape index (κ3) is 6.01. The second-order valence-electron chi connectivity index (χ2n) is 6.02. The Morgan fingerprint density at radius 1 is 1.14 bits per heavy atom. The van der Waals surface area contributed by atoms with Gasteiger partial charge in [-0.2, -0.15) is 0 Å². The van der Waals surface area contributed by atoms with Gasteiger partial charge in [0.2, 0.25) is 5.91 Å². The Hall–Kier alpha value is -1.00. The van der Waals surface area contributed by atoms with E-state index in [4.69, 9.17) is 5.73 Å². The van der Waals surface area contributed by atoms with Crippen LogP contribution < -0.4 is 11.1 Å². The number of hydrogen-bond acceptors (Lipinski definition) is 3. The molecule has 0 aromatic heterocycles. The monoisotopic (exact) mass is 320 g/mol. The third-order valence-corrected chi connectivity index (χ3v) is 5.53. The van der Waals surface area contributed by atoms with E-state index in [1.165, 1.54) is 30.6 Å². The lowest BCUT2D eigenvalue weighted by Gasteiger charge is -2.14. The van der Waals surface area contributed by atoms with Crippen LogP contribution in [0, 0.1) is 0 Å². The first kappa shape index (κ1) is 17.4. The van der Waals surface area contributed by atoms with Gasteiger partial charge >= 0.3 is 0 Å². The fraction of sp³-hybridized carbons (Fsp3) is 0.611.